The van der Waals surface area contributed by atoms with Crippen molar-refractivity contribution < 1.29 is 19.2 Å². The van der Waals surface area contributed by atoms with Gasteiger partial charge in [-0.2, -0.15) is 0 Å². The summed E-state index contributed by atoms with van der Waals surface area (Å²) in [6.45, 7) is 0. The van der Waals surface area contributed by atoms with Crippen molar-refractivity contribution in [2.75, 3.05) is 0 Å². The summed E-state index contributed by atoms with van der Waals surface area (Å²) >= 11 is -2.08. The molecule has 2 rings (SSSR count). The Morgan fingerprint density at radius 2 is 1.62 bits per heavy atom. The number of benzene rings is 1. The molecular formula is C15H19NO4Sn. The third-order valence-corrected chi connectivity index (χ3v) is 9.26. The van der Waals surface area contributed by atoms with E-state index >= 15 is 0 Å². The Labute approximate surface area is 128 Å². The van der Waals surface area contributed by atoms with E-state index in [0.29, 0.717) is 5.06 Å². The van der Waals surface area contributed by atoms with E-state index in [1.54, 1.807) is 0 Å². The number of hydroxylamine groups is 2. The van der Waals surface area contributed by atoms with Gasteiger partial charge in [-0.25, -0.2) is 0 Å². The zero-order valence-electron chi connectivity index (χ0n) is 12.5. The van der Waals surface area contributed by atoms with Crippen LogP contribution in [0.2, 0.25) is 14.8 Å². The van der Waals surface area contributed by atoms with Crippen LogP contribution in [0.15, 0.2) is 24.3 Å². The molecule has 0 bridgehead atoms. The third kappa shape index (κ3) is 4.06. The average molecular weight is 396 g/mol. The number of imide groups is 1. The van der Waals surface area contributed by atoms with E-state index in [1.165, 1.54) is 3.58 Å². The molecule has 0 aromatic heterocycles. The summed E-state index contributed by atoms with van der Waals surface area (Å²) in [5.74, 6) is -1.50. The maximum atomic E-state index is 11.8. The van der Waals surface area contributed by atoms with Crippen molar-refractivity contribution in [3.8, 4) is 0 Å². The number of amides is 2. The Bertz CT molecular complexity index is 558. The van der Waals surface area contributed by atoms with Crippen molar-refractivity contribution in [2.45, 2.75) is 34.1 Å². The molecule has 1 aromatic rings. The second-order valence-electron chi connectivity index (χ2n) is 6.17. The fourth-order valence-corrected chi connectivity index (χ4v) is 5.41. The quantitative estimate of drug-likeness (QED) is 0.570. The van der Waals surface area contributed by atoms with Crippen molar-refractivity contribution in [3.05, 3.63) is 29.8 Å². The monoisotopic (exact) mass is 397 g/mol. The van der Waals surface area contributed by atoms with Crippen LogP contribution in [0.5, 0.6) is 0 Å². The molecule has 1 fully saturated rings. The zero-order chi connectivity index (χ0) is 15.6. The van der Waals surface area contributed by atoms with Crippen LogP contribution in [0, 0.1) is 0 Å². The van der Waals surface area contributed by atoms with Crippen molar-refractivity contribution in [1.29, 1.82) is 0 Å². The van der Waals surface area contributed by atoms with Gasteiger partial charge in [-0.3, -0.25) is 0 Å². The topological polar surface area (TPSA) is 63.7 Å². The first-order valence-corrected chi connectivity index (χ1v) is 16.9. The Morgan fingerprint density at radius 3 is 2.10 bits per heavy atom. The molecule has 0 atom stereocenters. The molecule has 0 radical (unpaired) electrons. The predicted molar refractivity (Wildman–Crippen MR) is 80.3 cm³/mol. The van der Waals surface area contributed by atoms with E-state index in [2.05, 4.69) is 27.0 Å². The van der Waals surface area contributed by atoms with Gasteiger partial charge in [0, 0.05) is 0 Å². The van der Waals surface area contributed by atoms with Crippen LogP contribution >= 0.6 is 0 Å². The van der Waals surface area contributed by atoms with Gasteiger partial charge < -0.3 is 0 Å². The van der Waals surface area contributed by atoms with Gasteiger partial charge in [-0.1, -0.05) is 0 Å². The van der Waals surface area contributed by atoms with Crippen molar-refractivity contribution >= 4 is 39.7 Å². The summed E-state index contributed by atoms with van der Waals surface area (Å²) in [7, 11) is 0. The number of hydrogen-bond donors (Lipinski definition) is 0. The van der Waals surface area contributed by atoms with Crippen LogP contribution in [-0.2, 0) is 25.6 Å². The molecule has 0 aliphatic carbocycles. The van der Waals surface area contributed by atoms with E-state index < -0.39 is 36.2 Å². The summed E-state index contributed by atoms with van der Waals surface area (Å²) in [5, 5.41) is 0.586. The van der Waals surface area contributed by atoms with Gasteiger partial charge >= 0.3 is 128 Å². The maximum absolute atomic E-state index is 11.8. The van der Waals surface area contributed by atoms with Crippen molar-refractivity contribution in [3.63, 3.8) is 0 Å². The van der Waals surface area contributed by atoms with Crippen LogP contribution < -0.4 is 3.58 Å². The SMILES string of the molecule is [CH3][Sn]([CH3])([CH3])[c]1ccc(CC(=O)ON2C(=O)CCC2=O)cc1. The number of nitrogens with zero attached hydrogens (tertiary/aromatic N) is 1. The predicted octanol–water partition coefficient (Wildman–Crippen LogP) is 1.38. The summed E-state index contributed by atoms with van der Waals surface area (Å²) in [4.78, 5) is 46.3. The van der Waals surface area contributed by atoms with Gasteiger partial charge in [0.1, 0.15) is 0 Å². The fourth-order valence-electron chi connectivity index (χ4n) is 2.08. The summed E-state index contributed by atoms with van der Waals surface area (Å²) in [6, 6.07) is 7.94. The molecule has 1 aromatic carbocycles. The Kier molecular flexibility index (Phi) is 4.70. The molecule has 1 heterocycles. The first kappa shape index (κ1) is 16.0. The van der Waals surface area contributed by atoms with Crippen LogP contribution in [0.3, 0.4) is 0 Å². The molecule has 0 unspecified atom stereocenters. The van der Waals surface area contributed by atoms with Gasteiger partial charge in [0.15, 0.2) is 0 Å². The number of rotatable bonds is 4. The fraction of sp³-hybridized carbons (Fsp3) is 0.400. The second kappa shape index (κ2) is 6.17. The van der Waals surface area contributed by atoms with Gasteiger partial charge in [0.25, 0.3) is 0 Å². The van der Waals surface area contributed by atoms with Crippen LogP contribution in [0.25, 0.3) is 0 Å². The first-order valence-electron chi connectivity index (χ1n) is 6.93. The average Bonchev–Trinajstić information content (AvgIpc) is 2.70. The molecule has 5 nitrogen and oxygen atoms in total. The minimum atomic E-state index is -2.08. The van der Waals surface area contributed by atoms with Gasteiger partial charge in [0.2, 0.25) is 0 Å². The minimum absolute atomic E-state index is 0.0526. The summed E-state index contributed by atoms with van der Waals surface area (Å²) in [6.07, 6.45) is 0.274. The zero-order valence-corrected chi connectivity index (χ0v) is 15.4. The number of carbonyl (C=O) groups excluding carboxylic acids is 3. The number of hydrogen-bond acceptors (Lipinski definition) is 4. The molecule has 1 aliphatic rings. The molecule has 112 valence electrons. The van der Waals surface area contributed by atoms with E-state index in [4.69, 9.17) is 4.84 Å². The molecule has 21 heavy (non-hydrogen) atoms. The summed E-state index contributed by atoms with van der Waals surface area (Å²) < 4.78 is 1.38. The molecule has 0 saturated carbocycles. The van der Waals surface area contributed by atoms with E-state index in [-0.39, 0.29) is 19.3 Å². The van der Waals surface area contributed by atoms with Crippen LogP contribution in [-0.4, -0.2) is 41.2 Å². The second-order valence-corrected chi connectivity index (χ2v) is 20.7. The summed E-state index contributed by atoms with van der Waals surface area (Å²) in [5.41, 5.74) is 0.818. The molecule has 2 amide bonds. The Hall–Kier alpha value is -1.37. The van der Waals surface area contributed by atoms with Crippen LogP contribution in [0.1, 0.15) is 18.4 Å². The number of carbonyl (C=O) groups is 3. The molecule has 1 aliphatic heterocycles. The molecule has 6 heteroatoms. The van der Waals surface area contributed by atoms with E-state index in [9.17, 15) is 14.4 Å². The molecule has 1 saturated heterocycles. The van der Waals surface area contributed by atoms with E-state index in [0.717, 1.165) is 5.56 Å². The standard InChI is InChI=1S/C12H10NO4.3CH3.Sn/c14-10-6-7-11(15)13(10)17-12(16)8-9-4-2-1-3-5-9;;;;/h2-5H,6-8H2;3*1H3;. The van der Waals surface area contributed by atoms with Gasteiger partial charge in [-0.15, -0.1) is 0 Å². The van der Waals surface area contributed by atoms with Crippen molar-refractivity contribution in [2.24, 2.45) is 0 Å². The molecule has 0 spiro atoms. The van der Waals surface area contributed by atoms with Gasteiger partial charge in [-0.05, 0) is 0 Å². The Morgan fingerprint density at radius 1 is 1.10 bits per heavy atom. The van der Waals surface area contributed by atoms with E-state index in [1.807, 2.05) is 12.1 Å². The first-order chi connectivity index (χ1) is 9.77. The van der Waals surface area contributed by atoms with Gasteiger partial charge in [0.05, 0.1) is 0 Å². The van der Waals surface area contributed by atoms with Crippen molar-refractivity contribution in [1.82, 2.24) is 5.06 Å². The third-order valence-electron chi connectivity index (χ3n) is 3.37. The molecular weight excluding hydrogens is 377 g/mol. The normalized spacial score (nSPS) is 15.5. The van der Waals surface area contributed by atoms with Crippen LogP contribution in [0.4, 0.5) is 0 Å². The Balaban J connectivity index is 1.97. The molecule has 0 N–H and O–H groups in total.